The minimum absolute atomic E-state index is 0.121. The van der Waals surface area contributed by atoms with Gasteiger partial charge in [0.05, 0.1) is 12.5 Å². The standard InChI is InChI=1S/C14H23NO3/c1-4-18-13(17)10-6-5-7-15(9-10)12(16)11-8-14(11,2)3/h10-11H,4-9H2,1-3H3. The van der Waals surface area contributed by atoms with Crippen LogP contribution >= 0.6 is 0 Å². The monoisotopic (exact) mass is 253 g/mol. The van der Waals surface area contributed by atoms with Gasteiger partial charge in [0, 0.05) is 19.0 Å². The molecule has 0 aromatic carbocycles. The maximum absolute atomic E-state index is 12.3. The van der Waals surface area contributed by atoms with Crippen molar-refractivity contribution in [3.05, 3.63) is 0 Å². The molecule has 4 heteroatoms. The molecule has 4 nitrogen and oxygen atoms in total. The summed E-state index contributed by atoms with van der Waals surface area (Å²) in [6.07, 6.45) is 2.73. The Morgan fingerprint density at radius 3 is 2.61 bits per heavy atom. The number of piperidine rings is 1. The molecule has 0 spiro atoms. The van der Waals surface area contributed by atoms with Crippen molar-refractivity contribution in [2.24, 2.45) is 17.3 Å². The van der Waals surface area contributed by atoms with Crippen LogP contribution in [0.5, 0.6) is 0 Å². The van der Waals surface area contributed by atoms with Crippen molar-refractivity contribution in [1.82, 2.24) is 4.90 Å². The highest BCUT2D eigenvalue weighted by molar-refractivity contribution is 5.83. The first-order valence-corrected chi connectivity index (χ1v) is 6.91. The van der Waals surface area contributed by atoms with Crippen molar-refractivity contribution in [3.63, 3.8) is 0 Å². The molecule has 1 aliphatic heterocycles. The van der Waals surface area contributed by atoms with Gasteiger partial charge in [-0.05, 0) is 31.6 Å². The number of nitrogens with zero attached hydrogens (tertiary/aromatic N) is 1. The molecule has 0 aromatic heterocycles. The number of likely N-dealkylation sites (tertiary alicyclic amines) is 1. The van der Waals surface area contributed by atoms with Crippen molar-refractivity contribution < 1.29 is 14.3 Å². The van der Waals surface area contributed by atoms with Gasteiger partial charge in [-0.1, -0.05) is 13.8 Å². The van der Waals surface area contributed by atoms with E-state index in [9.17, 15) is 9.59 Å². The van der Waals surface area contributed by atoms with Gasteiger partial charge in [-0.2, -0.15) is 0 Å². The molecule has 2 unspecified atom stereocenters. The Labute approximate surface area is 109 Å². The average molecular weight is 253 g/mol. The topological polar surface area (TPSA) is 46.6 Å². The Kier molecular flexibility index (Phi) is 3.64. The third kappa shape index (κ3) is 2.68. The summed E-state index contributed by atoms with van der Waals surface area (Å²) < 4.78 is 5.05. The minimum atomic E-state index is -0.148. The van der Waals surface area contributed by atoms with E-state index in [2.05, 4.69) is 13.8 Å². The van der Waals surface area contributed by atoms with Crippen molar-refractivity contribution in [2.75, 3.05) is 19.7 Å². The van der Waals surface area contributed by atoms with Gasteiger partial charge in [-0.15, -0.1) is 0 Å². The van der Waals surface area contributed by atoms with E-state index in [1.165, 1.54) is 0 Å². The Morgan fingerprint density at radius 2 is 2.06 bits per heavy atom. The molecule has 2 atom stereocenters. The second kappa shape index (κ2) is 4.90. The molecule has 0 aromatic rings. The number of esters is 1. The van der Waals surface area contributed by atoms with Crippen LogP contribution in [0, 0.1) is 17.3 Å². The lowest BCUT2D eigenvalue weighted by Crippen LogP contribution is -2.43. The highest BCUT2D eigenvalue weighted by Gasteiger charge is 2.52. The van der Waals surface area contributed by atoms with Crippen LogP contribution in [0.3, 0.4) is 0 Å². The van der Waals surface area contributed by atoms with E-state index in [1.807, 2.05) is 11.8 Å². The Morgan fingerprint density at radius 1 is 1.39 bits per heavy atom. The number of hydrogen-bond acceptors (Lipinski definition) is 3. The van der Waals surface area contributed by atoms with Crippen LogP contribution in [0.1, 0.15) is 40.0 Å². The number of rotatable bonds is 3. The fourth-order valence-corrected chi connectivity index (χ4v) is 2.74. The molecule has 2 rings (SSSR count). The van der Waals surface area contributed by atoms with Crippen LogP contribution < -0.4 is 0 Å². The minimum Gasteiger partial charge on any atom is -0.466 e. The lowest BCUT2D eigenvalue weighted by molar-refractivity contribution is -0.151. The summed E-state index contributed by atoms with van der Waals surface area (Å²) in [4.78, 5) is 25.9. The zero-order valence-electron chi connectivity index (χ0n) is 11.6. The van der Waals surface area contributed by atoms with Crippen LogP contribution in [0.2, 0.25) is 0 Å². The molecule has 0 bridgehead atoms. The lowest BCUT2D eigenvalue weighted by Gasteiger charge is -2.32. The first-order valence-electron chi connectivity index (χ1n) is 6.91. The molecular formula is C14H23NO3. The second-order valence-electron chi connectivity index (χ2n) is 6.12. The van der Waals surface area contributed by atoms with Gasteiger partial charge in [0.2, 0.25) is 5.91 Å². The highest BCUT2D eigenvalue weighted by Crippen LogP contribution is 2.52. The molecular weight excluding hydrogens is 230 g/mol. The third-order valence-electron chi connectivity index (χ3n) is 4.16. The largest absolute Gasteiger partial charge is 0.466 e. The van der Waals surface area contributed by atoms with E-state index in [0.29, 0.717) is 13.2 Å². The van der Waals surface area contributed by atoms with Gasteiger partial charge in [-0.3, -0.25) is 9.59 Å². The fourth-order valence-electron chi connectivity index (χ4n) is 2.74. The number of carbonyl (C=O) groups excluding carboxylic acids is 2. The summed E-state index contributed by atoms with van der Waals surface area (Å²) >= 11 is 0. The van der Waals surface area contributed by atoms with E-state index in [-0.39, 0.29) is 29.1 Å². The van der Waals surface area contributed by atoms with Gasteiger partial charge in [0.15, 0.2) is 0 Å². The van der Waals surface area contributed by atoms with Crippen molar-refractivity contribution >= 4 is 11.9 Å². The normalized spacial score (nSPS) is 29.8. The second-order valence-corrected chi connectivity index (χ2v) is 6.12. The summed E-state index contributed by atoms with van der Waals surface area (Å²) in [5.74, 6) is 0.127. The van der Waals surface area contributed by atoms with E-state index in [4.69, 9.17) is 4.74 Å². The molecule has 0 N–H and O–H groups in total. The lowest BCUT2D eigenvalue weighted by atomic mass is 9.97. The first kappa shape index (κ1) is 13.4. The van der Waals surface area contributed by atoms with Crippen molar-refractivity contribution in [1.29, 1.82) is 0 Å². The zero-order chi connectivity index (χ0) is 13.3. The number of carbonyl (C=O) groups is 2. The van der Waals surface area contributed by atoms with Gasteiger partial charge >= 0.3 is 5.97 Å². The molecule has 1 heterocycles. The van der Waals surface area contributed by atoms with Crippen molar-refractivity contribution in [2.45, 2.75) is 40.0 Å². The van der Waals surface area contributed by atoms with Gasteiger partial charge in [-0.25, -0.2) is 0 Å². The maximum atomic E-state index is 12.3. The highest BCUT2D eigenvalue weighted by atomic mass is 16.5. The molecule has 1 aliphatic carbocycles. The summed E-state index contributed by atoms with van der Waals surface area (Å²) in [5.41, 5.74) is 0.161. The average Bonchev–Trinajstić information content (AvgIpc) is 2.98. The first-order chi connectivity index (χ1) is 8.45. The molecule has 1 saturated carbocycles. The Hall–Kier alpha value is -1.06. The molecule has 0 radical (unpaired) electrons. The van der Waals surface area contributed by atoms with E-state index >= 15 is 0 Å². The summed E-state index contributed by atoms with van der Waals surface area (Å²) in [7, 11) is 0. The van der Waals surface area contributed by atoms with Crippen molar-refractivity contribution in [3.8, 4) is 0 Å². The number of hydrogen-bond donors (Lipinski definition) is 0. The summed E-state index contributed by atoms with van der Waals surface area (Å²) in [6, 6.07) is 0. The molecule has 2 aliphatic rings. The van der Waals surface area contributed by atoms with E-state index < -0.39 is 0 Å². The van der Waals surface area contributed by atoms with Crippen LogP contribution in [0.25, 0.3) is 0 Å². The number of amides is 1. The quantitative estimate of drug-likeness (QED) is 0.721. The predicted molar refractivity (Wildman–Crippen MR) is 67.8 cm³/mol. The Bertz CT molecular complexity index is 351. The van der Waals surface area contributed by atoms with Crippen LogP contribution in [-0.2, 0) is 14.3 Å². The molecule has 2 fully saturated rings. The fraction of sp³-hybridized carbons (Fsp3) is 0.857. The summed E-state index contributed by atoms with van der Waals surface area (Å²) in [6.45, 7) is 7.82. The summed E-state index contributed by atoms with van der Waals surface area (Å²) in [5, 5.41) is 0. The van der Waals surface area contributed by atoms with E-state index in [0.717, 1.165) is 25.8 Å². The molecule has 102 valence electrons. The van der Waals surface area contributed by atoms with E-state index in [1.54, 1.807) is 0 Å². The molecule has 18 heavy (non-hydrogen) atoms. The molecule has 1 saturated heterocycles. The van der Waals surface area contributed by atoms with Gasteiger partial charge in [0.1, 0.15) is 0 Å². The zero-order valence-corrected chi connectivity index (χ0v) is 11.6. The SMILES string of the molecule is CCOC(=O)C1CCCN(C(=O)C2CC2(C)C)C1. The van der Waals surface area contributed by atoms with Gasteiger partial charge < -0.3 is 9.64 Å². The van der Waals surface area contributed by atoms with Crippen LogP contribution in [0.15, 0.2) is 0 Å². The molecule has 1 amide bonds. The maximum Gasteiger partial charge on any atom is 0.310 e. The van der Waals surface area contributed by atoms with Crippen LogP contribution in [-0.4, -0.2) is 36.5 Å². The Balaban J connectivity index is 1.91. The van der Waals surface area contributed by atoms with Crippen LogP contribution in [0.4, 0.5) is 0 Å². The predicted octanol–water partition coefficient (Wildman–Crippen LogP) is 1.83. The number of ether oxygens (including phenoxy) is 1. The van der Waals surface area contributed by atoms with Gasteiger partial charge in [0.25, 0.3) is 0 Å². The third-order valence-corrected chi connectivity index (χ3v) is 4.16. The smallest absolute Gasteiger partial charge is 0.310 e.